The second kappa shape index (κ2) is 20.1. The molecule has 31 heavy (non-hydrogen) atoms. The van der Waals surface area contributed by atoms with Crippen LogP contribution in [0.2, 0.25) is 0 Å². The third-order valence-corrected chi connectivity index (χ3v) is 11.8. The van der Waals surface area contributed by atoms with Crippen LogP contribution in [0.4, 0.5) is 0 Å². The molecule has 0 aromatic rings. The summed E-state index contributed by atoms with van der Waals surface area (Å²) < 4.78 is 19.3. The van der Waals surface area contributed by atoms with Crippen LogP contribution in [0.5, 0.6) is 0 Å². The Hall–Kier alpha value is 0.660. The number of unbranched alkanes of at least 4 members (excludes halogenated alkanes) is 12. The molecule has 0 amide bonds. The monoisotopic (exact) mass is 484 g/mol. The van der Waals surface area contributed by atoms with Gasteiger partial charge in [0.1, 0.15) is 0 Å². The Morgan fingerprint density at radius 3 is 1.19 bits per heavy atom. The summed E-state index contributed by atoms with van der Waals surface area (Å²) in [5.74, 6) is 0. The van der Waals surface area contributed by atoms with Gasteiger partial charge in [-0.2, -0.15) is 0 Å². The van der Waals surface area contributed by atoms with Crippen molar-refractivity contribution in [2.75, 3.05) is 25.5 Å². The molecule has 2 N–H and O–H groups in total. The molecule has 0 aromatic carbocycles. The van der Waals surface area contributed by atoms with E-state index in [2.05, 4.69) is 27.7 Å². The Morgan fingerprint density at radius 1 is 0.516 bits per heavy atom. The molecule has 5 nitrogen and oxygen atoms in total. The third kappa shape index (κ3) is 15.2. The summed E-state index contributed by atoms with van der Waals surface area (Å²) in [7, 11) is -6.13. The molecule has 0 saturated carbocycles. The van der Waals surface area contributed by atoms with E-state index in [1.165, 1.54) is 38.5 Å². The summed E-state index contributed by atoms with van der Waals surface area (Å²) >= 11 is 0. The van der Waals surface area contributed by atoms with Crippen molar-refractivity contribution in [3.8, 4) is 0 Å². The van der Waals surface area contributed by atoms with Gasteiger partial charge in [-0.15, -0.1) is 0 Å². The topological polar surface area (TPSA) is 68.2 Å². The van der Waals surface area contributed by atoms with E-state index in [9.17, 15) is 9.79 Å². The van der Waals surface area contributed by atoms with Gasteiger partial charge in [-0.3, -0.25) is 0 Å². The van der Waals surface area contributed by atoms with Gasteiger partial charge in [-0.05, 0) is 0 Å². The van der Waals surface area contributed by atoms with E-state index in [1.54, 1.807) is 0 Å². The Balaban J connectivity index is 5.54. The first-order chi connectivity index (χ1) is 15.0. The molecule has 190 valence electrons. The zero-order valence-corrected chi connectivity index (χ0v) is 22.9. The molecule has 0 spiro atoms. The van der Waals surface area contributed by atoms with Crippen LogP contribution in [0.25, 0.3) is 0 Å². The Morgan fingerprint density at radius 2 is 0.871 bits per heavy atom. The SMILES string of the molecule is CCCCCCOP(CCCCCC)(CCCCCC)(OCCCCCC)OP(O)O. The average Bonchev–Trinajstić information content (AvgIpc) is 2.74. The minimum absolute atomic E-state index is 0.581. The fourth-order valence-electron chi connectivity index (χ4n) is 3.98. The van der Waals surface area contributed by atoms with Gasteiger partial charge in [0.05, 0.1) is 0 Å². The molecule has 0 saturated heterocycles. The van der Waals surface area contributed by atoms with Gasteiger partial charge in [-0.25, -0.2) is 0 Å². The third-order valence-electron chi connectivity index (χ3n) is 5.90. The predicted molar refractivity (Wildman–Crippen MR) is 138 cm³/mol. The van der Waals surface area contributed by atoms with E-state index in [-0.39, 0.29) is 0 Å². The Kier molecular flexibility index (Phi) is 20.5. The summed E-state index contributed by atoms with van der Waals surface area (Å²) in [6.45, 7) is 9.98. The van der Waals surface area contributed by atoms with Crippen molar-refractivity contribution < 1.29 is 23.1 Å². The van der Waals surface area contributed by atoms with Crippen LogP contribution in [0, 0.1) is 0 Å². The molecule has 0 aliphatic heterocycles. The van der Waals surface area contributed by atoms with E-state index < -0.39 is 15.9 Å². The quantitative estimate of drug-likeness (QED) is 0.106. The van der Waals surface area contributed by atoms with Gasteiger partial charge < -0.3 is 0 Å². The molecular formula is C24H54O5P2. The first-order valence-electron chi connectivity index (χ1n) is 13.2. The minimum atomic E-state index is -3.60. The van der Waals surface area contributed by atoms with E-state index in [0.29, 0.717) is 25.5 Å². The zero-order valence-electron chi connectivity index (χ0n) is 21.2. The second-order valence-corrected chi connectivity index (χ2v) is 13.9. The van der Waals surface area contributed by atoms with Crippen LogP contribution in [-0.4, -0.2) is 35.3 Å². The molecule has 0 unspecified atom stereocenters. The molecule has 7 heteroatoms. The first kappa shape index (κ1) is 31.7. The summed E-state index contributed by atoms with van der Waals surface area (Å²) in [6, 6.07) is 0. The van der Waals surface area contributed by atoms with Crippen molar-refractivity contribution >= 4 is 15.9 Å². The predicted octanol–water partition coefficient (Wildman–Crippen LogP) is 8.87. The molecule has 0 aliphatic carbocycles. The molecule has 0 fully saturated rings. The van der Waals surface area contributed by atoms with E-state index in [0.717, 1.165) is 64.2 Å². The second-order valence-electron chi connectivity index (χ2n) is 8.91. The maximum absolute atomic E-state index is 10.0. The fourth-order valence-corrected chi connectivity index (χ4v) is 9.87. The van der Waals surface area contributed by atoms with Crippen LogP contribution < -0.4 is 0 Å². The van der Waals surface area contributed by atoms with Crippen LogP contribution in [0.15, 0.2) is 0 Å². The van der Waals surface area contributed by atoms with Crippen molar-refractivity contribution in [1.82, 2.24) is 0 Å². The van der Waals surface area contributed by atoms with Crippen LogP contribution >= 0.6 is 15.9 Å². The molecule has 0 bridgehead atoms. The van der Waals surface area contributed by atoms with E-state index in [1.807, 2.05) is 0 Å². The summed E-state index contributed by atoms with van der Waals surface area (Å²) in [6.07, 6.45) is 19.0. The Bertz CT molecular complexity index is 366. The molecule has 0 atom stereocenters. The van der Waals surface area contributed by atoms with Gasteiger partial charge in [0.25, 0.3) is 0 Å². The van der Waals surface area contributed by atoms with Gasteiger partial charge in [0.15, 0.2) is 0 Å². The normalized spacial score (nSPS) is 13.6. The maximum atomic E-state index is 10.0. The zero-order chi connectivity index (χ0) is 23.3. The summed E-state index contributed by atoms with van der Waals surface area (Å²) in [5.41, 5.74) is 0. The van der Waals surface area contributed by atoms with Crippen LogP contribution in [-0.2, 0) is 13.4 Å². The van der Waals surface area contributed by atoms with Gasteiger partial charge in [0.2, 0.25) is 0 Å². The number of hydrogen-bond donors (Lipinski definition) is 2. The van der Waals surface area contributed by atoms with E-state index in [4.69, 9.17) is 13.4 Å². The van der Waals surface area contributed by atoms with Crippen LogP contribution in [0.3, 0.4) is 0 Å². The number of hydrogen-bond acceptors (Lipinski definition) is 5. The summed E-state index contributed by atoms with van der Waals surface area (Å²) in [5, 5.41) is 0. The first-order valence-corrected chi connectivity index (χ1v) is 16.7. The van der Waals surface area contributed by atoms with Crippen molar-refractivity contribution in [2.45, 2.75) is 130 Å². The van der Waals surface area contributed by atoms with Crippen LogP contribution in [0.1, 0.15) is 130 Å². The van der Waals surface area contributed by atoms with Crippen molar-refractivity contribution in [2.24, 2.45) is 0 Å². The molecule has 0 radical (unpaired) electrons. The number of rotatable bonds is 24. The fraction of sp³-hybridized carbons (Fsp3) is 1.00. The summed E-state index contributed by atoms with van der Waals surface area (Å²) in [4.78, 5) is 20.0. The van der Waals surface area contributed by atoms with E-state index >= 15 is 0 Å². The molecule has 0 aliphatic rings. The van der Waals surface area contributed by atoms with Gasteiger partial charge in [-0.1, -0.05) is 0 Å². The van der Waals surface area contributed by atoms with Crippen molar-refractivity contribution in [1.29, 1.82) is 0 Å². The Labute approximate surface area is 195 Å². The molecule has 0 rings (SSSR count). The van der Waals surface area contributed by atoms with Crippen molar-refractivity contribution in [3.63, 3.8) is 0 Å². The molecular weight excluding hydrogens is 430 g/mol. The standard InChI is InChI=1S/C24H54O5P2/c1-5-9-13-17-21-27-31(29-30(25)26,23-19-15-11-7-3,24-20-16-12-8-4)28-22-18-14-10-6-2/h25-26H,5-24H2,1-4H3. The average molecular weight is 485 g/mol. The molecule has 0 aromatic heterocycles. The van der Waals surface area contributed by atoms with Gasteiger partial charge >= 0.3 is 195 Å². The van der Waals surface area contributed by atoms with Crippen molar-refractivity contribution in [3.05, 3.63) is 0 Å². The molecule has 0 heterocycles. The van der Waals surface area contributed by atoms with Gasteiger partial charge in [0, 0.05) is 0 Å².